The van der Waals surface area contributed by atoms with Crippen molar-refractivity contribution in [1.29, 1.82) is 0 Å². The number of amides is 2. The fourth-order valence-corrected chi connectivity index (χ4v) is 5.91. The van der Waals surface area contributed by atoms with Crippen LogP contribution in [0.5, 0.6) is 0 Å². The highest BCUT2D eigenvalue weighted by atomic mass is 19.1. The van der Waals surface area contributed by atoms with Gasteiger partial charge in [-0.25, -0.2) is 4.39 Å². The van der Waals surface area contributed by atoms with Crippen LogP contribution in [0.25, 0.3) is 0 Å². The van der Waals surface area contributed by atoms with Gasteiger partial charge in [-0.2, -0.15) is 5.10 Å². The number of aromatic amines is 1. The van der Waals surface area contributed by atoms with Gasteiger partial charge in [0, 0.05) is 31.4 Å². The zero-order chi connectivity index (χ0) is 26.9. The summed E-state index contributed by atoms with van der Waals surface area (Å²) in [5, 5.41) is 20.6. The van der Waals surface area contributed by atoms with Gasteiger partial charge in [-0.05, 0) is 55.7 Å². The molecular weight excluding hydrogens is 473 g/mol. The van der Waals surface area contributed by atoms with Crippen LogP contribution in [0.4, 0.5) is 4.39 Å². The topological polar surface area (TPSA) is 102 Å². The Bertz CT molecular complexity index is 1090. The summed E-state index contributed by atoms with van der Waals surface area (Å²) in [6.07, 6.45) is 5.35. The molecule has 3 heterocycles. The molecule has 0 radical (unpaired) electrons. The summed E-state index contributed by atoms with van der Waals surface area (Å²) in [5.41, 5.74) is 2.18. The van der Waals surface area contributed by atoms with Crippen LogP contribution in [-0.2, 0) is 9.59 Å². The molecule has 37 heavy (non-hydrogen) atoms. The van der Waals surface area contributed by atoms with Crippen molar-refractivity contribution >= 4 is 11.8 Å². The van der Waals surface area contributed by atoms with Gasteiger partial charge in [0.2, 0.25) is 11.8 Å². The molecule has 4 rings (SSSR count). The smallest absolute Gasteiger partial charge is 0.248 e. The van der Waals surface area contributed by atoms with Gasteiger partial charge >= 0.3 is 0 Å². The van der Waals surface area contributed by atoms with Gasteiger partial charge in [-0.1, -0.05) is 39.3 Å². The van der Waals surface area contributed by atoms with Crippen LogP contribution in [0, 0.1) is 25.6 Å². The molecule has 3 N–H and O–H groups in total. The third-order valence-corrected chi connectivity index (χ3v) is 8.12. The van der Waals surface area contributed by atoms with Crippen LogP contribution < -0.4 is 5.32 Å². The molecule has 202 valence electrons. The van der Waals surface area contributed by atoms with Crippen molar-refractivity contribution in [1.82, 2.24) is 25.3 Å². The maximum absolute atomic E-state index is 14.4. The predicted octanol–water partition coefficient (Wildman–Crippen LogP) is 3.23. The lowest BCUT2D eigenvalue weighted by atomic mass is 9.79. The second-order valence-corrected chi connectivity index (χ2v) is 11.0. The van der Waals surface area contributed by atoms with E-state index in [1.54, 1.807) is 24.9 Å². The van der Waals surface area contributed by atoms with Crippen molar-refractivity contribution in [3.8, 4) is 0 Å². The Morgan fingerprint density at radius 1 is 1.16 bits per heavy atom. The van der Waals surface area contributed by atoms with Gasteiger partial charge in [0.1, 0.15) is 17.4 Å². The first-order chi connectivity index (χ1) is 17.6. The number of aromatic nitrogens is 2. The zero-order valence-corrected chi connectivity index (χ0v) is 22.6. The van der Waals surface area contributed by atoms with Crippen LogP contribution >= 0.6 is 0 Å². The second-order valence-electron chi connectivity index (χ2n) is 11.0. The first-order valence-corrected chi connectivity index (χ1v) is 13.4. The van der Waals surface area contributed by atoms with Crippen LogP contribution in [0.15, 0.2) is 24.5 Å². The highest BCUT2D eigenvalue weighted by molar-refractivity contribution is 6.00. The fraction of sp³-hybridized carbons (Fsp3) is 0.607. The molecule has 2 aliphatic heterocycles. The summed E-state index contributed by atoms with van der Waals surface area (Å²) in [6, 6.07) is 2.69. The average molecular weight is 514 g/mol. The number of benzene rings is 1. The third kappa shape index (κ3) is 5.03. The SMILES string of the molecule is CCCCN1C(=O)[C@@H]([C@H](O)C(C)C)NC(=O)C12CCN(C(c1cn[nH]c1)c1cc(C)c(F)c(C)c1)CC2. The maximum atomic E-state index is 14.4. The minimum Gasteiger partial charge on any atom is -0.390 e. The molecule has 0 saturated carbocycles. The van der Waals surface area contributed by atoms with E-state index >= 15 is 0 Å². The number of aliphatic hydroxyl groups is 1. The number of hydrogen-bond acceptors (Lipinski definition) is 5. The summed E-state index contributed by atoms with van der Waals surface area (Å²) in [5.74, 6) is -0.731. The van der Waals surface area contributed by atoms with E-state index in [-0.39, 0.29) is 29.6 Å². The molecule has 8 nitrogen and oxygen atoms in total. The molecule has 1 aromatic heterocycles. The number of carbonyl (C=O) groups excluding carboxylic acids is 2. The van der Waals surface area contributed by atoms with E-state index in [9.17, 15) is 19.1 Å². The largest absolute Gasteiger partial charge is 0.390 e. The number of halogens is 1. The maximum Gasteiger partial charge on any atom is 0.248 e. The molecule has 1 aromatic carbocycles. The number of nitrogens with one attached hydrogen (secondary N) is 2. The van der Waals surface area contributed by atoms with Crippen molar-refractivity contribution in [2.75, 3.05) is 19.6 Å². The summed E-state index contributed by atoms with van der Waals surface area (Å²) >= 11 is 0. The van der Waals surface area contributed by atoms with Gasteiger partial charge in [-0.3, -0.25) is 19.6 Å². The van der Waals surface area contributed by atoms with E-state index in [1.165, 1.54) is 0 Å². The van der Waals surface area contributed by atoms with E-state index in [4.69, 9.17) is 0 Å². The molecular formula is C28H40FN5O3. The number of carbonyl (C=O) groups is 2. The molecule has 0 bridgehead atoms. The van der Waals surface area contributed by atoms with Gasteiger partial charge in [0.15, 0.2) is 0 Å². The Kier molecular flexibility index (Phi) is 8.04. The Labute approximate surface area is 218 Å². The third-order valence-electron chi connectivity index (χ3n) is 8.12. The minimum absolute atomic E-state index is 0.156. The molecule has 3 atom stereocenters. The predicted molar refractivity (Wildman–Crippen MR) is 139 cm³/mol. The van der Waals surface area contributed by atoms with Gasteiger partial charge in [0.05, 0.1) is 18.3 Å². The molecule has 0 aliphatic carbocycles. The van der Waals surface area contributed by atoms with Crippen molar-refractivity contribution in [2.24, 2.45) is 5.92 Å². The summed E-state index contributed by atoms with van der Waals surface area (Å²) in [6.45, 7) is 10.9. The number of hydrogen-bond donors (Lipinski definition) is 3. The van der Waals surface area contributed by atoms with E-state index < -0.39 is 17.7 Å². The number of H-pyrrole nitrogens is 1. The highest BCUT2D eigenvalue weighted by Crippen LogP contribution is 2.39. The van der Waals surface area contributed by atoms with Crippen LogP contribution in [-0.4, -0.2) is 74.2 Å². The quantitative estimate of drug-likeness (QED) is 0.503. The highest BCUT2D eigenvalue weighted by Gasteiger charge is 2.55. The number of unbranched alkanes of at least 4 members (excludes halogenated alkanes) is 1. The minimum atomic E-state index is -0.939. The monoisotopic (exact) mass is 513 g/mol. The molecule has 1 spiro atoms. The molecule has 2 aromatic rings. The number of rotatable bonds is 8. The standard InChI is InChI=1S/C28H40FN5O3/c1-6-7-10-34-26(36)23(25(35)17(2)3)32-27(37)28(34)8-11-33(12-9-28)24(21-15-30-31-16-21)20-13-18(4)22(29)19(5)14-20/h13-17,23-25,35H,6-12H2,1-5H3,(H,30,31)(H,32,37)/t23-,24?,25-/m1/s1. The van der Waals surface area contributed by atoms with E-state index in [1.807, 2.05) is 32.2 Å². The number of piperazine rings is 1. The lowest BCUT2D eigenvalue weighted by molar-refractivity contribution is -0.165. The molecule has 2 fully saturated rings. The van der Waals surface area contributed by atoms with Crippen LogP contribution in [0.3, 0.4) is 0 Å². The Hall–Kier alpha value is -2.78. The zero-order valence-electron chi connectivity index (χ0n) is 22.6. The van der Waals surface area contributed by atoms with E-state index in [2.05, 4.69) is 27.3 Å². The molecule has 1 unspecified atom stereocenters. The Morgan fingerprint density at radius 2 is 1.81 bits per heavy atom. The first kappa shape index (κ1) is 27.3. The van der Waals surface area contributed by atoms with Crippen molar-refractivity contribution < 1.29 is 19.1 Å². The van der Waals surface area contributed by atoms with E-state index in [0.717, 1.165) is 24.0 Å². The summed E-state index contributed by atoms with van der Waals surface area (Å²) in [7, 11) is 0. The fourth-order valence-electron chi connectivity index (χ4n) is 5.91. The van der Waals surface area contributed by atoms with Crippen LogP contribution in [0.1, 0.15) is 74.8 Å². The molecule has 9 heteroatoms. The van der Waals surface area contributed by atoms with Crippen molar-refractivity contribution in [3.05, 3.63) is 52.6 Å². The average Bonchev–Trinajstić information content (AvgIpc) is 3.40. The van der Waals surface area contributed by atoms with Crippen molar-refractivity contribution in [2.45, 2.75) is 84.0 Å². The Balaban J connectivity index is 1.63. The first-order valence-electron chi connectivity index (χ1n) is 13.4. The summed E-state index contributed by atoms with van der Waals surface area (Å²) in [4.78, 5) is 31.3. The lowest BCUT2D eigenvalue weighted by Crippen LogP contribution is -2.75. The number of aliphatic hydroxyl groups excluding tert-OH is 1. The van der Waals surface area contributed by atoms with Gasteiger partial charge < -0.3 is 15.3 Å². The number of piperidine rings is 1. The normalized spacial score (nSPS) is 21.9. The molecule has 2 saturated heterocycles. The number of aryl methyl sites for hydroxylation is 2. The van der Waals surface area contributed by atoms with Crippen molar-refractivity contribution in [3.63, 3.8) is 0 Å². The second kappa shape index (κ2) is 10.9. The van der Waals surface area contributed by atoms with Gasteiger partial charge in [-0.15, -0.1) is 0 Å². The summed E-state index contributed by atoms with van der Waals surface area (Å²) < 4.78 is 14.4. The molecule has 2 amide bonds. The number of nitrogens with zero attached hydrogens (tertiary/aromatic N) is 3. The number of likely N-dealkylation sites (tertiary alicyclic amines) is 1. The Morgan fingerprint density at radius 3 is 2.35 bits per heavy atom. The van der Waals surface area contributed by atoms with E-state index in [0.29, 0.717) is 43.6 Å². The molecule has 2 aliphatic rings. The lowest BCUT2D eigenvalue weighted by Gasteiger charge is -2.53. The van der Waals surface area contributed by atoms with Crippen LogP contribution in [0.2, 0.25) is 0 Å². The van der Waals surface area contributed by atoms with Gasteiger partial charge in [0.25, 0.3) is 0 Å².